The van der Waals surface area contributed by atoms with Crippen molar-refractivity contribution in [3.05, 3.63) is 29.8 Å². The van der Waals surface area contributed by atoms with E-state index < -0.39 is 0 Å². The van der Waals surface area contributed by atoms with Crippen molar-refractivity contribution in [2.75, 3.05) is 38.0 Å². The lowest BCUT2D eigenvalue weighted by atomic mass is 10.1. The number of hydrogen-bond donors (Lipinski definition) is 1. The third kappa shape index (κ3) is 5.15. The molecule has 5 nitrogen and oxygen atoms in total. The lowest BCUT2D eigenvalue weighted by Gasteiger charge is -2.19. The van der Waals surface area contributed by atoms with E-state index in [1.54, 1.807) is 29.2 Å². The first-order valence-electron chi connectivity index (χ1n) is 7.97. The zero-order chi connectivity index (χ0) is 16.5. The van der Waals surface area contributed by atoms with Crippen molar-refractivity contribution in [1.29, 1.82) is 0 Å². The molecule has 0 radical (unpaired) electrons. The number of rotatable bonds is 8. The molecular formula is C17H27N3O2. The number of benzene rings is 1. The Labute approximate surface area is 133 Å². The minimum Gasteiger partial charge on any atom is -0.339 e. The molecule has 22 heavy (non-hydrogen) atoms. The Morgan fingerprint density at radius 1 is 0.909 bits per heavy atom. The standard InChI is InChI=1S/C17H27N3O2/c1-5-19(6-2)13-16(21)18-15-11-9-14(10-12-15)17(22)20(7-3)8-4/h9-12H,5-8,13H2,1-4H3,(H,18,21). The Kier molecular flexibility index (Phi) is 7.60. The van der Waals surface area contributed by atoms with E-state index in [-0.39, 0.29) is 11.8 Å². The van der Waals surface area contributed by atoms with Gasteiger partial charge in [0.1, 0.15) is 0 Å². The first-order chi connectivity index (χ1) is 10.5. The summed E-state index contributed by atoms with van der Waals surface area (Å²) >= 11 is 0. The predicted octanol–water partition coefficient (Wildman–Crippen LogP) is 2.45. The molecule has 1 aromatic carbocycles. The van der Waals surface area contributed by atoms with Gasteiger partial charge >= 0.3 is 0 Å². The summed E-state index contributed by atoms with van der Waals surface area (Å²) in [6, 6.07) is 7.06. The van der Waals surface area contributed by atoms with E-state index >= 15 is 0 Å². The van der Waals surface area contributed by atoms with Gasteiger partial charge in [-0.05, 0) is 51.2 Å². The molecule has 0 bridgehead atoms. The van der Waals surface area contributed by atoms with Crippen LogP contribution < -0.4 is 5.32 Å². The van der Waals surface area contributed by atoms with Gasteiger partial charge in [-0.1, -0.05) is 13.8 Å². The SMILES string of the molecule is CCN(CC)CC(=O)Nc1ccc(C(=O)N(CC)CC)cc1. The Morgan fingerprint density at radius 3 is 1.91 bits per heavy atom. The van der Waals surface area contributed by atoms with Crippen molar-refractivity contribution < 1.29 is 9.59 Å². The molecule has 0 aliphatic rings. The Balaban J connectivity index is 2.65. The summed E-state index contributed by atoms with van der Waals surface area (Å²) in [7, 11) is 0. The van der Waals surface area contributed by atoms with Crippen LogP contribution in [-0.2, 0) is 4.79 Å². The Bertz CT molecular complexity index is 477. The summed E-state index contributed by atoms with van der Waals surface area (Å²) in [5.41, 5.74) is 1.36. The first-order valence-corrected chi connectivity index (χ1v) is 7.97. The minimum absolute atomic E-state index is 0.0195. The topological polar surface area (TPSA) is 52.7 Å². The van der Waals surface area contributed by atoms with Gasteiger partial charge in [0.05, 0.1) is 6.54 Å². The van der Waals surface area contributed by atoms with Gasteiger partial charge in [-0.2, -0.15) is 0 Å². The molecule has 1 N–H and O–H groups in total. The van der Waals surface area contributed by atoms with Crippen LogP contribution in [0.3, 0.4) is 0 Å². The summed E-state index contributed by atoms with van der Waals surface area (Å²) in [4.78, 5) is 27.9. The molecule has 1 aromatic rings. The summed E-state index contributed by atoms with van der Waals surface area (Å²) in [6.07, 6.45) is 0. The highest BCUT2D eigenvalue weighted by molar-refractivity contribution is 5.96. The number of nitrogens with zero attached hydrogens (tertiary/aromatic N) is 2. The average Bonchev–Trinajstić information content (AvgIpc) is 2.54. The second-order valence-corrected chi connectivity index (χ2v) is 5.06. The summed E-state index contributed by atoms with van der Waals surface area (Å²) in [5.74, 6) is -0.0162. The molecule has 122 valence electrons. The van der Waals surface area contributed by atoms with E-state index in [1.165, 1.54) is 0 Å². The number of likely N-dealkylation sites (N-methyl/N-ethyl adjacent to an activating group) is 1. The van der Waals surface area contributed by atoms with Crippen molar-refractivity contribution in [2.24, 2.45) is 0 Å². The average molecular weight is 305 g/mol. The molecule has 0 spiro atoms. The number of carbonyl (C=O) groups is 2. The van der Waals surface area contributed by atoms with Gasteiger partial charge in [0.15, 0.2) is 0 Å². The highest BCUT2D eigenvalue weighted by Gasteiger charge is 2.12. The second-order valence-electron chi connectivity index (χ2n) is 5.06. The predicted molar refractivity (Wildman–Crippen MR) is 90.1 cm³/mol. The largest absolute Gasteiger partial charge is 0.339 e. The molecule has 0 aliphatic heterocycles. The molecule has 0 saturated heterocycles. The van der Waals surface area contributed by atoms with Crippen molar-refractivity contribution >= 4 is 17.5 Å². The van der Waals surface area contributed by atoms with Crippen LogP contribution >= 0.6 is 0 Å². The number of hydrogen-bond acceptors (Lipinski definition) is 3. The van der Waals surface area contributed by atoms with E-state index in [1.807, 2.05) is 32.6 Å². The van der Waals surface area contributed by atoms with Gasteiger partial charge in [-0.15, -0.1) is 0 Å². The van der Waals surface area contributed by atoms with Gasteiger partial charge < -0.3 is 10.2 Å². The molecule has 0 aromatic heterocycles. The van der Waals surface area contributed by atoms with Crippen LogP contribution in [0.25, 0.3) is 0 Å². The van der Waals surface area contributed by atoms with Crippen LogP contribution in [0.5, 0.6) is 0 Å². The fraction of sp³-hybridized carbons (Fsp3) is 0.529. The zero-order valence-corrected chi connectivity index (χ0v) is 14.1. The fourth-order valence-electron chi connectivity index (χ4n) is 2.24. The van der Waals surface area contributed by atoms with Gasteiger partial charge in [0, 0.05) is 24.3 Å². The normalized spacial score (nSPS) is 10.6. The Morgan fingerprint density at radius 2 is 1.45 bits per heavy atom. The van der Waals surface area contributed by atoms with Gasteiger partial charge in [-0.25, -0.2) is 0 Å². The summed E-state index contributed by atoms with van der Waals surface area (Å²) < 4.78 is 0. The monoisotopic (exact) mass is 305 g/mol. The molecule has 0 atom stereocenters. The molecule has 0 aliphatic carbocycles. The van der Waals surface area contributed by atoms with E-state index in [0.29, 0.717) is 30.9 Å². The van der Waals surface area contributed by atoms with E-state index in [0.717, 1.165) is 13.1 Å². The fourth-order valence-corrected chi connectivity index (χ4v) is 2.24. The van der Waals surface area contributed by atoms with Crippen molar-refractivity contribution in [1.82, 2.24) is 9.80 Å². The summed E-state index contributed by atoms with van der Waals surface area (Å²) in [6.45, 7) is 11.5. The highest BCUT2D eigenvalue weighted by atomic mass is 16.2. The third-order valence-electron chi connectivity index (χ3n) is 3.73. The zero-order valence-electron chi connectivity index (χ0n) is 14.1. The summed E-state index contributed by atoms with van der Waals surface area (Å²) in [5, 5.41) is 2.86. The molecule has 0 heterocycles. The third-order valence-corrected chi connectivity index (χ3v) is 3.73. The maximum Gasteiger partial charge on any atom is 0.253 e. The van der Waals surface area contributed by atoms with Gasteiger partial charge in [0.25, 0.3) is 5.91 Å². The molecule has 2 amide bonds. The van der Waals surface area contributed by atoms with E-state index in [2.05, 4.69) is 5.32 Å². The minimum atomic E-state index is -0.0356. The Hall–Kier alpha value is -1.88. The van der Waals surface area contributed by atoms with Crippen LogP contribution in [0.2, 0.25) is 0 Å². The first kappa shape index (κ1) is 18.2. The van der Waals surface area contributed by atoms with Gasteiger partial charge in [-0.3, -0.25) is 14.5 Å². The van der Waals surface area contributed by atoms with Crippen molar-refractivity contribution in [2.45, 2.75) is 27.7 Å². The quantitative estimate of drug-likeness (QED) is 0.802. The maximum absolute atomic E-state index is 12.2. The van der Waals surface area contributed by atoms with Crippen molar-refractivity contribution in [3.8, 4) is 0 Å². The number of carbonyl (C=O) groups excluding carboxylic acids is 2. The number of anilines is 1. The van der Waals surface area contributed by atoms with E-state index in [4.69, 9.17) is 0 Å². The molecule has 5 heteroatoms. The van der Waals surface area contributed by atoms with Gasteiger partial charge in [0.2, 0.25) is 5.91 Å². The number of amides is 2. The van der Waals surface area contributed by atoms with Crippen LogP contribution in [0, 0.1) is 0 Å². The van der Waals surface area contributed by atoms with E-state index in [9.17, 15) is 9.59 Å². The lowest BCUT2D eigenvalue weighted by Crippen LogP contribution is -2.33. The van der Waals surface area contributed by atoms with Crippen molar-refractivity contribution in [3.63, 3.8) is 0 Å². The smallest absolute Gasteiger partial charge is 0.253 e. The molecular weight excluding hydrogens is 278 g/mol. The van der Waals surface area contributed by atoms with Crippen LogP contribution in [0.1, 0.15) is 38.1 Å². The highest BCUT2D eigenvalue weighted by Crippen LogP contribution is 2.12. The lowest BCUT2D eigenvalue weighted by molar-refractivity contribution is -0.117. The van der Waals surface area contributed by atoms with Crippen LogP contribution in [0.15, 0.2) is 24.3 Å². The number of nitrogens with one attached hydrogen (secondary N) is 1. The van der Waals surface area contributed by atoms with Crippen LogP contribution in [-0.4, -0.2) is 54.3 Å². The maximum atomic E-state index is 12.2. The molecule has 0 unspecified atom stereocenters. The molecule has 0 fully saturated rings. The van der Waals surface area contributed by atoms with Crippen LogP contribution in [0.4, 0.5) is 5.69 Å². The molecule has 0 saturated carbocycles. The molecule has 1 rings (SSSR count). The second kappa shape index (κ2) is 9.20.